The van der Waals surface area contributed by atoms with E-state index < -0.39 is 5.95 Å². The van der Waals surface area contributed by atoms with Gasteiger partial charge in [-0.05, 0) is 34.7 Å². The van der Waals surface area contributed by atoms with Gasteiger partial charge in [-0.15, -0.1) is 0 Å². The highest BCUT2D eigenvalue weighted by molar-refractivity contribution is 14.1. The van der Waals surface area contributed by atoms with E-state index in [9.17, 15) is 9.18 Å². The normalized spacial score (nSPS) is 20.6. The third kappa shape index (κ3) is 2.17. The van der Waals surface area contributed by atoms with Crippen molar-refractivity contribution in [3.8, 4) is 0 Å². The first-order valence-corrected chi connectivity index (χ1v) is 5.93. The average molecular weight is 336 g/mol. The molecular formula is C10H10FIN2O2. The lowest BCUT2D eigenvalue weighted by molar-refractivity contribution is -0.117. The van der Waals surface area contributed by atoms with Gasteiger partial charge in [-0.25, -0.2) is 4.98 Å². The summed E-state index contributed by atoms with van der Waals surface area (Å²) in [6, 6.07) is 3.19. The molecular weight excluding hydrogens is 326 g/mol. The van der Waals surface area contributed by atoms with Gasteiger partial charge in [-0.1, -0.05) is 0 Å². The van der Waals surface area contributed by atoms with Gasteiger partial charge in [-0.3, -0.25) is 9.69 Å². The zero-order valence-corrected chi connectivity index (χ0v) is 10.5. The molecule has 1 fully saturated rings. The number of aromatic nitrogens is 1. The van der Waals surface area contributed by atoms with E-state index in [1.807, 2.05) is 22.6 Å². The number of rotatable bonds is 2. The zero-order valence-electron chi connectivity index (χ0n) is 8.36. The molecule has 0 saturated carbocycles. The van der Waals surface area contributed by atoms with E-state index in [-0.39, 0.29) is 18.4 Å². The molecule has 6 heteroatoms. The van der Waals surface area contributed by atoms with Crippen LogP contribution < -0.4 is 4.90 Å². The van der Waals surface area contributed by atoms with Gasteiger partial charge in [-0.2, -0.15) is 4.39 Å². The van der Waals surface area contributed by atoms with Crippen LogP contribution in [0.4, 0.5) is 10.2 Å². The van der Waals surface area contributed by atoms with Crippen LogP contribution in [0.3, 0.4) is 0 Å². The zero-order chi connectivity index (χ0) is 11.7. The Morgan fingerprint density at radius 1 is 1.62 bits per heavy atom. The van der Waals surface area contributed by atoms with E-state index >= 15 is 0 Å². The maximum absolute atomic E-state index is 13.2. The van der Waals surface area contributed by atoms with Gasteiger partial charge in [0.15, 0.2) is 0 Å². The van der Waals surface area contributed by atoms with E-state index in [1.165, 1.54) is 4.90 Å². The molecule has 1 N–H and O–H groups in total. The molecule has 1 amide bonds. The summed E-state index contributed by atoms with van der Waals surface area (Å²) in [5.41, 5.74) is 0. The van der Waals surface area contributed by atoms with E-state index in [1.54, 1.807) is 12.1 Å². The molecule has 1 aliphatic heterocycles. The first-order valence-electron chi connectivity index (χ1n) is 4.85. The SMILES string of the molecule is O=C1CC(CO)CN1c1ccc(I)c(F)n1. The Balaban J connectivity index is 2.24. The Hall–Kier alpha value is -0.760. The van der Waals surface area contributed by atoms with Gasteiger partial charge in [0, 0.05) is 25.5 Å². The molecule has 16 heavy (non-hydrogen) atoms. The van der Waals surface area contributed by atoms with E-state index in [0.717, 1.165) is 0 Å². The van der Waals surface area contributed by atoms with Crippen LogP contribution in [0.15, 0.2) is 12.1 Å². The number of carbonyl (C=O) groups excluding carboxylic acids is 1. The van der Waals surface area contributed by atoms with E-state index in [4.69, 9.17) is 5.11 Å². The van der Waals surface area contributed by atoms with Crippen molar-refractivity contribution < 1.29 is 14.3 Å². The van der Waals surface area contributed by atoms with Gasteiger partial charge in [0.2, 0.25) is 11.9 Å². The Bertz CT molecular complexity index is 427. The minimum Gasteiger partial charge on any atom is -0.396 e. The summed E-state index contributed by atoms with van der Waals surface area (Å²) >= 11 is 1.84. The molecule has 0 radical (unpaired) electrons. The Morgan fingerprint density at radius 3 is 2.94 bits per heavy atom. The number of hydrogen-bond donors (Lipinski definition) is 1. The molecule has 4 nitrogen and oxygen atoms in total. The summed E-state index contributed by atoms with van der Waals surface area (Å²) in [7, 11) is 0. The third-order valence-corrected chi connectivity index (χ3v) is 3.33. The monoisotopic (exact) mass is 336 g/mol. The second kappa shape index (κ2) is 4.62. The maximum Gasteiger partial charge on any atom is 0.228 e. The number of anilines is 1. The van der Waals surface area contributed by atoms with Crippen LogP contribution in [-0.4, -0.2) is 29.1 Å². The fourth-order valence-corrected chi connectivity index (χ4v) is 1.98. The Kier molecular flexibility index (Phi) is 3.38. The lowest BCUT2D eigenvalue weighted by Gasteiger charge is -2.15. The molecule has 1 atom stereocenters. The molecule has 0 spiro atoms. The third-order valence-electron chi connectivity index (χ3n) is 2.53. The highest BCUT2D eigenvalue weighted by Crippen LogP contribution is 2.24. The smallest absolute Gasteiger partial charge is 0.228 e. The number of halogens is 2. The number of carbonyl (C=O) groups is 1. The van der Waals surface area contributed by atoms with Crippen molar-refractivity contribution in [2.45, 2.75) is 6.42 Å². The van der Waals surface area contributed by atoms with Gasteiger partial charge in [0.1, 0.15) is 5.82 Å². The highest BCUT2D eigenvalue weighted by Gasteiger charge is 2.31. The molecule has 2 heterocycles. The van der Waals surface area contributed by atoms with Crippen molar-refractivity contribution in [1.82, 2.24) is 4.98 Å². The highest BCUT2D eigenvalue weighted by atomic mass is 127. The standard InChI is InChI=1S/C10H10FIN2O2/c11-10-7(12)1-2-8(13-10)14-4-6(5-15)3-9(14)16/h1-2,6,15H,3-5H2. The number of aliphatic hydroxyl groups is 1. The van der Waals surface area contributed by atoms with Crippen molar-refractivity contribution in [1.29, 1.82) is 0 Å². The Labute approximate surface area is 106 Å². The number of pyridine rings is 1. The van der Waals surface area contributed by atoms with Crippen molar-refractivity contribution in [2.24, 2.45) is 5.92 Å². The molecule has 0 bridgehead atoms. The fraction of sp³-hybridized carbons (Fsp3) is 0.400. The van der Waals surface area contributed by atoms with E-state index in [2.05, 4.69) is 4.98 Å². The first-order chi connectivity index (χ1) is 7.61. The molecule has 0 aromatic carbocycles. The summed E-state index contributed by atoms with van der Waals surface area (Å²) < 4.78 is 13.7. The molecule has 1 aliphatic rings. The molecule has 1 unspecified atom stereocenters. The number of aliphatic hydroxyl groups excluding tert-OH is 1. The molecule has 1 aromatic heterocycles. The molecule has 86 valence electrons. The summed E-state index contributed by atoms with van der Waals surface area (Å²) in [4.78, 5) is 16.7. The lowest BCUT2D eigenvalue weighted by atomic mass is 10.1. The largest absolute Gasteiger partial charge is 0.396 e. The van der Waals surface area contributed by atoms with Gasteiger partial charge >= 0.3 is 0 Å². The van der Waals surface area contributed by atoms with Crippen molar-refractivity contribution in [3.05, 3.63) is 21.7 Å². The van der Waals surface area contributed by atoms with Crippen LogP contribution in [-0.2, 0) is 4.79 Å². The summed E-state index contributed by atoms with van der Waals surface area (Å²) in [5, 5.41) is 8.97. The number of hydrogen-bond acceptors (Lipinski definition) is 3. The predicted molar refractivity (Wildman–Crippen MR) is 64.5 cm³/mol. The summed E-state index contributed by atoms with van der Waals surface area (Å²) in [5.74, 6) is -0.444. The number of nitrogens with zero attached hydrogens (tertiary/aromatic N) is 2. The fourth-order valence-electron chi connectivity index (χ4n) is 1.68. The minimum atomic E-state index is -0.571. The van der Waals surface area contributed by atoms with Crippen molar-refractivity contribution >= 4 is 34.3 Å². The van der Waals surface area contributed by atoms with Crippen LogP contribution in [0, 0.1) is 15.4 Å². The summed E-state index contributed by atoms with van der Waals surface area (Å²) in [6.07, 6.45) is 0.297. The van der Waals surface area contributed by atoms with Crippen LogP contribution in [0.1, 0.15) is 6.42 Å². The quantitative estimate of drug-likeness (QED) is 0.652. The van der Waals surface area contributed by atoms with Crippen molar-refractivity contribution in [3.63, 3.8) is 0 Å². The molecule has 1 saturated heterocycles. The minimum absolute atomic E-state index is 0.0326. The second-order valence-electron chi connectivity index (χ2n) is 3.70. The molecule has 0 aliphatic carbocycles. The predicted octanol–water partition coefficient (Wildman–Crippen LogP) is 1.17. The van der Waals surface area contributed by atoms with Gasteiger partial charge < -0.3 is 5.11 Å². The number of amides is 1. The second-order valence-corrected chi connectivity index (χ2v) is 4.86. The average Bonchev–Trinajstić information content (AvgIpc) is 2.64. The van der Waals surface area contributed by atoms with Crippen molar-refractivity contribution in [2.75, 3.05) is 18.1 Å². The van der Waals surface area contributed by atoms with Crippen LogP contribution in [0.25, 0.3) is 0 Å². The van der Waals surface area contributed by atoms with Crippen LogP contribution in [0.5, 0.6) is 0 Å². The first kappa shape index (κ1) is 11.7. The molecule has 1 aromatic rings. The topological polar surface area (TPSA) is 53.4 Å². The van der Waals surface area contributed by atoms with E-state index in [0.29, 0.717) is 22.4 Å². The van der Waals surface area contributed by atoms with Crippen LogP contribution >= 0.6 is 22.6 Å². The maximum atomic E-state index is 13.2. The Morgan fingerprint density at radius 2 is 2.38 bits per heavy atom. The van der Waals surface area contributed by atoms with Gasteiger partial charge in [0.05, 0.1) is 3.57 Å². The summed E-state index contributed by atoms with van der Waals surface area (Å²) in [6.45, 7) is 0.372. The van der Waals surface area contributed by atoms with Gasteiger partial charge in [0.25, 0.3) is 0 Å². The lowest BCUT2D eigenvalue weighted by Crippen LogP contribution is -2.26. The molecule has 2 rings (SSSR count). The van der Waals surface area contributed by atoms with Crippen LogP contribution in [0.2, 0.25) is 0 Å².